The minimum absolute atomic E-state index is 0.212. The largest absolute Gasteiger partial charge is 0.328 e. The third-order valence-corrected chi connectivity index (χ3v) is 6.30. The molecule has 4 aromatic rings. The Balaban J connectivity index is 1.92. The van der Waals surface area contributed by atoms with Crippen LogP contribution >= 0.6 is 11.6 Å². The molecule has 1 amide bonds. The molecular formula is C28H27ClFN3O2. The summed E-state index contributed by atoms with van der Waals surface area (Å²) in [5.41, 5.74) is 1.37. The number of carbonyl (C=O) groups excluding carboxylic acids is 1. The average Bonchev–Trinajstić information content (AvgIpc) is 2.87. The first-order chi connectivity index (χ1) is 16.9. The number of benzene rings is 3. The Bertz CT molecular complexity index is 1380. The topological polar surface area (TPSA) is 55.2 Å². The molecule has 5 nitrogen and oxygen atoms in total. The summed E-state index contributed by atoms with van der Waals surface area (Å²) in [6, 6.07) is 19.3. The van der Waals surface area contributed by atoms with Crippen LogP contribution in [0, 0.1) is 5.82 Å². The van der Waals surface area contributed by atoms with Crippen molar-refractivity contribution in [2.45, 2.75) is 39.2 Å². The van der Waals surface area contributed by atoms with Gasteiger partial charge in [-0.3, -0.25) is 14.2 Å². The molecule has 0 aliphatic rings. The van der Waals surface area contributed by atoms with Crippen LogP contribution in [0.4, 0.5) is 4.39 Å². The number of aromatic nitrogens is 2. The molecule has 4 rings (SSSR count). The molecule has 35 heavy (non-hydrogen) atoms. The van der Waals surface area contributed by atoms with Crippen molar-refractivity contribution in [1.29, 1.82) is 0 Å². The van der Waals surface area contributed by atoms with Gasteiger partial charge >= 0.3 is 0 Å². The molecular weight excluding hydrogens is 465 g/mol. The molecule has 3 aromatic carbocycles. The number of halogens is 2. The molecule has 0 saturated carbocycles. The standard InChI is InChI=1S/C28H27ClFN3O2/c1-3-5-18-32(27(34)19-10-14-21(30)15-11-19)25(4-2)26-31-24-9-7-6-8-23(24)28(35)33(26)22-16-12-20(29)13-17-22/h6-17,25H,3-5,18H2,1-2H3. The highest BCUT2D eigenvalue weighted by atomic mass is 35.5. The van der Waals surface area contributed by atoms with Gasteiger partial charge in [-0.25, -0.2) is 9.37 Å². The van der Waals surface area contributed by atoms with E-state index in [-0.39, 0.29) is 11.5 Å². The van der Waals surface area contributed by atoms with Crippen LogP contribution in [0.1, 0.15) is 55.3 Å². The van der Waals surface area contributed by atoms with Crippen molar-refractivity contribution in [3.05, 3.63) is 105 Å². The summed E-state index contributed by atoms with van der Waals surface area (Å²) in [5, 5.41) is 1.05. The summed E-state index contributed by atoms with van der Waals surface area (Å²) in [6.07, 6.45) is 2.20. The predicted molar refractivity (Wildman–Crippen MR) is 138 cm³/mol. The predicted octanol–water partition coefficient (Wildman–Crippen LogP) is 6.57. The summed E-state index contributed by atoms with van der Waals surface area (Å²) >= 11 is 6.11. The lowest BCUT2D eigenvalue weighted by atomic mass is 10.1. The van der Waals surface area contributed by atoms with Gasteiger partial charge in [0.25, 0.3) is 11.5 Å². The first-order valence-electron chi connectivity index (χ1n) is 11.8. The van der Waals surface area contributed by atoms with Crippen LogP contribution < -0.4 is 5.56 Å². The third kappa shape index (κ3) is 5.13. The Morgan fingerprint density at radius 3 is 2.37 bits per heavy atom. The lowest BCUT2D eigenvalue weighted by Gasteiger charge is -2.32. The van der Waals surface area contributed by atoms with Crippen molar-refractivity contribution in [3.8, 4) is 5.69 Å². The maximum absolute atomic E-state index is 13.7. The van der Waals surface area contributed by atoms with Gasteiger partial charge in [-0.15, -0.1) is 0 Å². The molecule has 1 unspecified atom stereocenters. The normalized spacial score (nSPS) is 12.0. The number of para-hydroxylation sites is 1. The van der Waals surface area contributed by atoms with E-state index in [4.69, 9.17) is 16.6 Å². The van der Waals surface area contributed by atoms with Gasteiger partial charge in [-0.1, -0.05) is 44.0 Å². The Morgan fingerprint density at radius 1 is 1.03 bits per heavy atom. The van der Waals surface area contributed by atoms with Crippen LogP contribution in [0.3, 0.4) is 0 Å². The van der Waals surface area contributed by atoms with Gasteiger partial charge in [0.2, 0.25) is 0 Å². The van der Waals surface area contributed by atoms with Gasteiger partial charge in [-0.05, 0) is 73.5 Å². The fraction of sp³-hybridized carbons (Fsp3) is 0.250. The minimum Gasteiger partial charge on any atom is -0.328 e. The van der Waals surface area contributed by atoms with E-state index in [2.05, 4.69) is 6.92 Å². The van der Waals surface area contributed by atoms with E-state index in [0.29, 0.717) is 46.0 Å². The molecule has 0 bridgehead atoms. The van der Waals surface area contributed by atoms with Gasteiger partial charge < -0.3 is 4.90 Å². The molecule has 180 valence electrons. The van der Waals surface area contributed by atoms with Crippen molar-refractivity contribution in [3.63, 3.8) is 0 Å². The molecule has 0 fully saturated rings. The number of unbranched alkanes of at least 4 members (excludes halogenated alkanes) is 1. The number of nitrogens with zero attached hydrogens (tertiary/aromatic N) is 3. The molecule has 0 radical (unpaired) electrons. The first kappa shape index (κ1) is 24.6. The van der Waals surface area contributed by atoms with Crippen LogP contribution in [0.15, 0.2) is 77.6 Å². The van der Waals surface area contributed by atoms with Crippen molar-refractivity contribution in [1.82, 2.24) is 14.5 Å². The van der Waals surface area contributed by atoms with Gasteiger partial charge in [0, 0.05) is 17.1 Å². The van der Waals surface area contributed by atoms with E-state index in [1.165, 1.54) is 24.3 Å². The molecule has 1 atom stereocenters. The van der Waals surface area contributed by atoms with Crippen LogP contribution in [-0.4, -0.2) is 26.9 Å². The molecule has 0 N–H and O–H groups in total. The van der Waals surface area contributed by atoms with Gasteiger partial charge in [0.15, 0.2) is 0 Å². The van der Waals surface area contributed by atoms with E-state index in [1.807, 2.05) is 13.0 Å². The van der Waals surface area contributed by atoms with E-state index < -0.39 is 11.9 Å². The fourth-order valence-electron chi connectivity index (χ4n) is 4.24. The number of hydrogen-bond acceptors (Lipinski definition) is 3. The number of hydrogen-bond donors (Lipinski definition) is 0. The number of carbonyl (C=O) groups is 1. The summed E-state index contributed by atoms with van der Waals surface area (Å²) in [5.74, 6) is -0.151. The fourth-order valence-corrected chi connectivity index (χ4v) is 4.37. The lowest BCUT2D eigenvalue weighted by Crippen LogP contribution is -2.39. The molecule has 0 saturated heterocycles. The summed E-state index contributed by atoms with van der Waals surface area (Å²) in [6.45, 7) is 4.50. The molecule has 0 aliphatic heterocycles. The van der Waals surface area contributed by atoms with Gasteiger partial charge in [-0.2, -0.15) is 0 Å². The third-order valence-electron chi connectivity index (χ3n) is 6.05. The number of amides is 1. The zero-order valence-electron chi connectivity index (χ0n) is 19.7. The zero-order chi connectivity index (χ0) is 24.9. The highest BCUT2D eigenvalue weighted by Crippen LogP contribution is 2.28. The average molecular weight is 492 g/mol. The van der Waals surface area contributed by atoms with E-state index >= 15 is 0 Å². The van der Waals surface area contributed by atoms with E-state index in [9.17, 15) is 14.0 Å². The highest BCUT2D eigenvalue weighted by Gasteiger charge is 2.29. The Hall–Kier alpha value is -3.51. The molecule has 7 heteroatoms. The summed E-state index contributed by atoms with van der Waals surface area (Å²) in [7, 11) is 0. The van der Waals surface area contributed by atoms with Crippen LogP contribution in [0.25, 0.3) is 16.6 Å². The summed E-state index contributed by atoms with van der Waals surface area (Å²) < 4.78 is 15.1. The Morgan fingerprint density at radius 2 is 1.71 bits per heavy atom. The second kappa shape index (κ2) is 10.8. The maximum atomic E-state index is 13.7. The highest BCUT2D eigenvalue weighted by molar-refractivity contribution is 6.30. The van der Waals surface area contributed by atoms with Crippen molar-refractivity contribution in [2.24, 2.45) is 0 Å². The number of fused-ring (bicyclic) bond motifs is 1. The van der Waals surface area contributed by atoms with Crippen molar-refractivity contribution < 1.29 is 9.18 Å². The molecule has 0 aliphatic carbocycles. The van der Waals surface area contributed by atoms with Gasteiger partial charge in [0.05, 0.1) is 22.6 Å². The summed E-state index contributed by atoms with van der Waals surface area (Å²) in [4.78, 5) is 34.0. The lowest BCUT2D eigenvalue weighted by molar-refractivity contribution is 0.0656. The second-order valence-corrected chi connectivity index (χ2v) is 8.82. The molecule has 1 aromatic heterocycles. The van der Waals surface area contributed by atoms with Crippen molar-refractivity contribution in [2.75, 3.05) is 6.54 Å². The Labute approximate surface area is 208 Å². The Kier molecular flexibility index (Phi) is 7.61. The maximum Gasteiger partial charge on any atom is 0.266 e. The smallest absolute Gasteiger partial charge is 0.266 e. The quantitative estimate of drug-likeness (QED) is 0.280. The molecule has 0 spiro atoms. The monoisotopic (exact) mass is 491 g/mol. The van der Waals surface area contributed by atoms with Gasteiger partial charge in [0.1, 0.15) is 11.6 Å². The second-order valence-electron chi connectivity index (χ2n) is 8.39. The van der Waals surface area contributed by atoms with Crippen LogP contribution in [0.5, 0.6) is 0 Å². The van der Waals surface area contributed by atoms with Crippen molar-refractivity contribution >= 4 is 28.4 Å². The van der Waals surface area contributed by atoms with E-state index in [0.717, 1.165) is 12.8 Å². The first-order valence-corrected chi connectivity index (χ1v) is 12.2. The van der Waals surface area contributed by atoms with Crippen LogP contribution in [-0.2, 0) is 0 Å². The SMILES string of the molecule is CCCCN(C(=O)c1ccc(F)cc1)C(CC)c1nc2ccccc2c(=O)n1-c1ccc(Cl)cc1. The minimum atomic E-state index is -0.480. The van der Waals surface area contributed by atoms with E-state index in [1.54, 1.807) is 51.9 Å². The van der Waals surface area contributed by atoms with Crippen LogP contribution in [0.2, 0.25) is 5.02 Å². The molecule has 1 heterocycles. The zero-order valence-corrected chi connectivity index (χ0v) is 20.5. The number of rotatable bonds is 8.